The summed E-state index contributed by atoms with van der Waals surface area (Å²) in [7, 11) is 0. The van der Waals surface area contributed by atoms with Gasteiger partial charge in [0.25, 0.3) is 5.89 Å². The minimum absolute atomic E-state index is 0.135. The van der Waals surface area contributed by atoms with Crippen LogP contribution in [0.4, 0.5) is 0 Å². The van der Waals surface area contributed by atoms with Gasteiger partial charge in [-0.3, -0.25) is 0 Å². The summed E-state index contributed by atoms with van der Waals surface area (Å²) in [6.45, 7) is 3.68. The lowest BCUT2D eigenvalue weighted by Crippen LogP contribution is -2.08. The largest absolute Gasteiger partial charge is 0.449 e. The monoisotopic (exact) mass is 348 g/mol. The second-order valence-electron chi connectivity index (χ2n) is 6.01. The first-order chi connectivity index (χ1) is 12.6. The number of aryl methyl sites for hydroxylation is 1. The van der Waals surface area contributed by atoms with E-state index < -0.39 is 12.1 Å². The smallest absolute Gasteiger partial charge is 0.375 e. The fraction of sp³-hybridized carbons (Fsp3) is 0.150. The molecule has 6 nitrogen and oxygen atoms in total. The molecule has 0 fully saturated rings. The van der Waals surface area contributed by atoms with Crippen LogP contribution in [-0.4, -0.2) is 16.2 Å². The number of carbonyl (C=O) groups is 1. The van der Waals surface area contributed by atoms with Crippen molar-refractivity contribution >= 4 is 16.9 Å². The van der Waals surface area contributed by atoms with Gasteiger partial charge in [-0.1, -0.05) is 35.9 Å². The van der Waals surface area contributed by atoms with Crippen LogP contribution < -0.4 is 0 Å². The maximum atomic E-state index is 12.3. The molecule has 0 amide bonds. The Morgan fingerprint density at radius 1 is 1.04 bits per heavy atom. The van der Waals surface area contributed by atoms with Crippen molar-refractivity contribution < 1.29 is 18.4 Å². The maximum Gasteiger partial charge on any atom is 0.375 e. The molecule has 0 aliphatic heterocycles. The number of nitrogens with zero attached hydrogens (tertiary/aromatic N) is 2. The second kappa shape index (κ2) is 6.48. The van der Waals surface area contributed by atoms with Crippen molar-refractivity contribution in [3.8, 4) is 11.5 Å². The maximum absolute atomic E-state index is 12.3. The zero-order valence-corrected chi connectivity index (χ0v) is 14.3. The molecule has 2 aromatic heterocycles. The minimum atomic E-state index is -0.692. The zero-order valence-electron chi connectivity index (χ0n) is 14.3. The van der Waals surface area contributed by atoms with Crippen molar-refractivity contribution in [2.45, 2.75) is 20.0 Å². The second-order valence-corrected chi connectivity index (χ2v) is 6.01. The number of hydrogen-bond donors (Lipinski definition) is 0. The summed E-state index contributed by atoms with van der Waals surface area (Å²) in [5.74, 6) is 0.164. The Morgan fingerprint density at radius 3 is 2.58 bits per heavy atom. The van der Waals surface area contributed by atoms with Crippen LogP contribution in [0.15, 0.2) is 63.4 Å². The number of carbonyl (C=O) groups excluding carboxylic acids is 1. The Kier molecular flexibility index (Phi) is 4.01. The molecule has 0 aliphatic carbocycles. The molecule has 0 saturated heterocycles. The van der Waals surface area contributed by atoms with Crippen LogP contribution in [0.2, 0.25) is 0 Å². The van der Waals surface area contributed by atoms with Crippen molar-refractivity contribution in [3.05, 3.63) is 71.8 Å². The fourth-order valence-corrected chi connectivity index (χ4v) is 2.56. The summed E-state index contributed by atoms with van der Waals surface area (Å²) in [4.78, 5) is 12.3. The molecule has 0 bridgehead atoms. The van der Waals surface area contributed by atoms with Crippen LogP contribution in [0, 0.1) is 6.92 Å². The Balaban J connectivity index is 1.50. The van der Waals surface area contributed by atoms with E-state index in [1.54, 1.807) is 19.1 Å². The van der Waals surface area contributed by atoms with Crippen molar-refractivity contribution in [1.82, 2.24) is 10.2 Å². The number of benzene rings is 2. The summed E-state index contributed by atoms with van der Waals surface area (Å²) in [6.07, 6.45) is -0.692. The van der Waals surface area contributed by atoms with Gasteiger partial charge in [0, 0.05) is 10.9 Å². The quantitative estimate of drug-likeness (QED) is 0.497. The van der Waals surface area contributed by atoms with E-state index in [0.29, 0.717) is 11.5 Å². The van der Waals surface area contributed by atoms with E-state index in [2.05, 4.69) is 10.2 Å². The lowest BCUT2D eigenvalue weighted by Gasteiger charge is -2.07. The van der Waals surface area contributed by atoms with Gasteiger partial charge in [-0.05, 0) is 38.1 Å². The van der Waals surface area contributed by atoms with Gasteiger partial charge in [0.15, 0.2) is 6.10 Å². The third kappa shape index (κ3) is 3.09. The Hall–Kier alpha value is -3.41. The highest BCUT2D eigenvalue weighted by molar-refractivity contribution is 5.92. The third-order valence-corrected chi connectivity index (χ3v) is 4.00. The zero-order chi connectivity index (χ0) is 18.1. The van der Waals surface area contributed by atoms with Crippen LogP contribution in [0.1, 0.15) is 35.0 Å². The highest BCUT2D eigenvalue weighted by Crippen LogP contribution is 2.25. The first-order valence-corrected chi connectivity index (χ1v) is 8.20. The molecular formula is C20H16N2O4. The van der Waals surface area contributed by atoms with Crippen molar-refractivity contribution in [2.24, 2.45) is 0 Å². The number of furan rings is 1. The van der Waals surface area contributed by atoms with Crippen LogP contribution in [0.5, 0.6) is 0 Å². The molecule has 0 aliphatic rings. The van der Waals surface area contributed by atoms with E-state index in [0.717, 1.165) is 16.5 Å². The topological polar surface area (TPSA) is 78.4 Å². The molecule has 26 heavy (non-hydrogen) atoms. The van der Waals surface area contributed by atoms with Gasteiger partial charge in [-0.25, -0.2) is 4.79 Å². The average molecular weight is 348 g/mol. The van der Waals surface area contributed by atoms with Crippen molar-refractivity contribution in [1.29, 1.82) is 0 Å². The lowest BCUT2D eigenvalue weighted by molar-refractivity contribution is 0.0247. The first-order valence-electron chi connectivity index (χ1n) is 8.20. The van der Waals surface area contributed by atoms with Crippen LogP contribution in [0.3, 0.4) is 0 Å². The van der Waals surface area contributed by atoms with Gasteiger partial charge < -0.3 is 13.6 Å². The molecule has 0 saturated carbocycles. The molecule has 6 heteroatoms. The number of rotatable bonds is 4. The summed E-state index contributed by atoms with van der Waals surface area (Å²) in [5, 5.41) is 8.84. The third-order valence-electron chi connectivity index (χ3n) is 4.00. The summed E-state index contributed by atoms with van der Waals surface area (Å²) in [5.41, 5.74) is 2.58. The van der Waals surface area contributed by atoms with Crippen molar-refractivity contribution in [3.63, 3.8) is 0 Å². The number of esters is 1. The average Bonchev–Trinajstić information content (AvgIpc) is 3.29. The summed E-state index contributed by atoms with van der Waals surface area (Å²) in [6, 6.07) is 16.8. The molecule has 0 N–H and O–H groups in total. The number of hydrogen-bond acceptors (Lipinski definition) is 6. The lowest BCUT2D eigenvalue weighted by atomic mass is 10.1. The number of ether oxygens (including phenoxy) is 1. The van der Waals surface area contributed by atoms with E-state index in [4.69, 9.17) is 13.6 Å². The van der Waals surface area contributed by atoms with Crippen LogP contribution in [0.25, 0.3) is 22.4 Å². The Labute approximate surface area is 149 Å². The molecule has 0 radical (unpaired) electrons. The van der Waals surface area contributed by atoms with Gasteiger partial charge in [0.2, 0.25) is 11.7 Å². The fourth-order valence-electron chi connectivity index (χ4n) is 2.56. The molecule has 1 atom stereocenters. The van der Waals surface area contributed by atoms with Gasteiger partial charge in [-0.15, -0.1) is 10.2 Å². The number of para-hydroxylation sites is 1. The molecule has 2 aromatic carbocycles. The molecule has 4 aromatic rings. The normalized spacial score (nSPS) is 12.2. The molecule has 2 heterocycles. The molecule has 0 spiro atoms. The molecule has 130 valence electrons. The van der Waals surface area contributed by atoms with E-state index in [1.807, 2.05) is 49.4 Å². The SMILES string of the molecule is Cc1ccc(-c2nnc([C@H](C)OC(=O)c3cc4ccccc4o3)o2)cc1. The summed E-state index contributed by atoms with van der Waals surface area (Å²) < 4.78 is 16.5. The van der Waals surface area contributed by atoms with Crippen molar-refractivity contribution in [2.75, 3.05) is 0 Å². The van der Waals surface area contributed by atoms with Gasteiger partial charge in [0.1, 0.15) is 5.58 Å². The number of aromatic nitrogens is 2. The minimum Gasteiger partial charge on any atom is -0.449 e. The van der Waals surface area contributed by atoms with E-state index in [1.165, 1.54) is 0 Å². The van der Waals surface area contributed by atoms with E-state index in [-0.39, 0.29) is 11.7 Å². The Bertz CT molecular complexity index is 1030. The first kappa shape index (κ1) is 16.1. The molecular weight excluding hydrogens is 332 g/mol. The summed E-state index contributed by atoms with van der Waals surface area (Å²) >= 11 is 0. The van der Waals surface area contributed by atoms with Gasteiger partial charge in [0.05, 0.1) is 0 Å². The van der Waals surface area contributed by atoms with Gasteiger partial charge in [-0.2, -0.15) is 0 Å². The van der Waals surface area contributed by atoms with Crippen LogP contribution >= 0.6 is 0 Å². The van der Waals surface area contributed by atoms with E-state index in [9.17, 15) is 4.79 Å². The number of fused-ring (bicyclic) bond motifs is 1. The predicted octanol–water partition coefficient (Wildman–Crippen LogP) is 4.71. The molecule has 4 rings (SSSR count). The highest BCUT2D eigenvalue weighted by Gasteiger charge is 2.22. The van der Waals surface area contributed by atoms with E-state index >= 15 is 0 Å². The van der Waals surface area contributed by atoms with Crippen LogP contribution in [-0.2, 0) is 4.74 Å². The Morgan fingerprint density at radius 2 is 1.81 bits per heavy atom. The predicted molar refractivity (Wildman–Crippen MR) is 94.5 cm³/mol. The molecule has 0 unspecified atom stereocenters. The standard InChI is InChI=1S/C20H16N2O4/c1-12-7-9-14(10-8-12)19-22-21-18(26-19)13(2)24-20(23)17-11-15-5-3-4-6-16(15)25-17/h3-11,13H,1-2H3/t13-/m0/s1. The highest BCUT2D eigenvalue weighted by atomic mass is 16.6. The van der Waals surface area contributed by atoms with Gasteiger partial charge >= 0.3 is 5.97 Å².